The van der Waals surface area contributed by atoms with Crippen molar-refractivity contribution < 1.29 is 14.3 Å². The number of rotatable bonds is 2. The molecule has 1 amide bonds. The number of nitrogens with zero attached hydrogens (tertiary/aromatic N) is 1. The van der Waals surface area contributed by atoms with Crippen LogP contribution in [0.4, 0.5) is 0 Å². The van der Waals surface area contributed by atoms with Gasteiger partial charge in [-0.3, -0.25) is 4.79 Å². The van der Waals surface area contributed by atoms with Crippen LogP contribution in [0, 0.1) is 17.8 Å². The van der Waals surface area contributed by atoms with E-state index in [1.165, 1.54) is 6.07 Å². The average molecular weight is 369 g/mol. The molecule has 4 rings (SSSR count). The molecular formula is C22H27NO4. The molecule has 1 aromatic heterocycles. The number of carbonyl (C=O) groups excluding carboxylic acids is 1. The van der Waals surface area contributed by atoms with Crippen LogP contribution in [0.2, 0.25) is 0 Å². The number of phenols is 1. The Morgan fingerprint density at radius 1 is 1.30 bits per heavy atom. The number of amides is 1. The fourth-order valence-corrected chi connectivity index (χ4v) is 5.59. The van der Waals surface area contributed by atoms with Crippen LogP contribution < -0.4 is 5.63 Å². The number of aromatic hydroxyl groups is 1. The van der Waals surface area contributed by atoms with Crippen LogP contribution >= 0.6 is 0 Å². The summed E-state index contributed by atoms with van der Waals surface area (Å²) in [7, 11) is 0. The van der Waals surface area contributed by atoms with E-state index in [1.54, 1.807) is 12.1 Å². The first kappa shape index (κ1) is 18.1. The lowest BCUT2D eigenvalue weighted by Crippen LogP contribution is -2.39. The zero-order chi connectivity index (χ0) is 19.6. The number of aryl methyl sites for hydroxylation is 1. The van der Waals surface area contributed by atoms with E-state index < -0.39 is 5.63 Å². The van der Waals surface area contributed by atoms with Gasteiger partial charge in [0, 0.05) is 24.0 Å². The Balaban J connectivity index is 1.64. The van der Waals surface area contributed by atoms with Gasteiger partial charge in [-0.15, -0.1) is 0 Å². The molecule has 1 saturated carbocycles. The van der Waals surface area contributed by atoms with Gasteiger partial charge in [0.25, 0.3) is 0 Å². The molecule has 1 saturated heterocycles. The molecule has 5 nitrogen and oxygen atoms in total. The highest BCUT2D eigenvalue weighted by atomic mass is 16.4. The molecule has 2 atom stereocenters. The Labute approximate surface area is 159 Å². The maximum atomic E-state index is 13.1. The standard InChI is InChI=1S/C22H27NO4/c1-13-16-6-5-15(24)7-18(16)27-20(26)17(13)8-19(25)23-12-22(4)10-14(23)9-21(2,3)11-22/h5-7,14,24H,8-12H2,1-4H3/t14-,22-/m0/s1. The van der Waals surface area contributed by atoms with Gasteiger partial charge < -0.3 is 14.4 Å². The minimum atomic E-state index is -0.493. The highest BCUT2D eigenvalue weighted by Crippen LogP contribution is 2.52. The number of phenolic OH excluding ortho intramolecular Hbond substituents is 1. The highest BCUT2D eigenvalue weighted by Gasteiger charge is 2.50. The summed E-state index contributed by atoms with van der Waals surface area (Å²) in [5, 5.41) is 10.4. The Morgan fingerprint density at radius 2 is 2.04 bits per heavy atom. The molecule has 5 heteroatoms. The van der Waals surface area contributed by atoms with Crippen molar-refractivity contribution in [3.05, 3.63) is 39.7 Å². The lowest BCUT2D eigenvalue weighted by atomic mass is 9.65. The van der Waals surface area contributed by atoms with E-state index >= 15 is 0 Å². The predicted octanol–water partition coefficient (Wildman–Crippen LogP) is 3.78. The molecule has 1 aromatic carbocycles. The van der Waals surface area contributed by atoms with Gasteiger partial charge in [0.1, 0.15) is 11.3 Å². The van der Waals surface area contributed by atoms with Crippen LogP contribution in [0.1, 0.15) is 51.2 Å². The molecule has 2 heterocycles. The van der Waals surface area contributed by atoms with Crippen molar-refractivity contribution in [2.45, 2.75) is 59.4 Å². The van der Waals surface area contributed by atoms with E-state index in [1.807, 2.05) is 11.8 Å². The second kappa shape index (κ2) is 5.85. The minimum Gasteiger partial charge on any atom is -0.508 e. The van der Waals surface area contributed by atoms with Gasteiger partial charge in [0.2, 0.25) is 5.91 Å². The second-order valence-corrected chi connectivity index (χ2v) is 9.59. The summed E-state index contributed by atoms with van der Waals surface area (Å²) in [5.74, 6) is 0.0593. The summed E-state index contributed by atoms with van der Waals surface area (Å²) in [4.78, 5) is 27.6. The van der Waals surface area contributed by atoms with Crippen molar-refractivity contribution in [1.82, 2.24) is 4.90 Å². The van der Waals surface area contributed by atoms with Gasteiger partial charge in [-0.25, -0.2) is 4.79 Å². The maximum Gasteiger partial charge on any atom is 0.340 e. The number of fused-ring (bicyclic) bond motifs is 3. The fourth-order valence-electron chi connectivity index (χ4n) is 5.59. The van der Waals surface area contributed by atoms with E-state index in [0.29, 0.717) is 11.1 Å². The van der Waals surface area contributed by atoms with Crippen LogP contribution in [0.25, 0.3) is 11.0 Å². The van der Waals surface area contributed by atoms with Gasteiger partial charge in [-0.2, -0.15) is 0 Å². The first-order valence-electron chi connectivity index (χ1n) is 9.62. The number of hydrogen-bond acceptors (Lipinski definition) is 4. The summed E-state index contributed by atoms with van der Waals surface area (Å²) >= 11 is 0. The normalized spacial score (nSPS) is 26.5. The van der Waals surface area contributed by atoms with Crippen LogP contribution in [0.5, 0.6) is 5.75 Å². The smallest absolute Gasteiger partial charge is 0.340 e. The van der Waals surface area contributed by atoms with Gasteiger partial charge in [-0.1, -0.05) is 20.8 Å². The molecule has 1 aliphatic carbocycles. The molecule has 0 unspecified atom stereocenters. The number of benzene rings is 1. The molecule has 1 N–H and O–H groups in total. The topological polar surface area (TPSA) is 70.8 Å². The zero-order valence-electron chi connectivity index (χ0n) is 16.5. The second-order valence-electron chi connectivity index (χ2n) is 9.59. The first-order chi connectivity index (χ1) is 12.6. The van der Waals surface area contributed by atoms with E-state index in [0.717, 1.165) is 36.8 Å². The summed E-state index contributed by atoms with van der Waals surface area (Å²) in [6, 6.07) is 4.98. The molecule has 2 fully saturated rings. The quantitative estimate of drug-likeness (QED) is 0.818. The van der Waals surface area contributed by atoms with Crippen molar-refractivity contribution in [2.24, 2.45) is 10.8 Å². The molecule has 2 aromatic rings. The molecule has 0 radical (unpaired) electrons. The van der Waals surface area contributed by atoms with Crippen molar-refractivity contribution >= 4 is 16.9 Å². The van der Waals surface area contributed by atoms with Crippen molar-refractivity contribution in [3.63, 3.8) is 0 Å². The third-order valence-corrected chi connectivity index (χ3v) is 6.33. The van der Waals surface area contributed by atoms with Crippen LogP contribution in [0.15, 0.2) is 27.4 Å². The Hall–Kier alpha value is -2.30. The van der Waals surface area contributed by atoms with Crippen LogP contribution in [-0.4, -0.2) is 28.5 Å². The Kier molecular flexibility index (Phi) is 3.92. The molecule has 1 aliphatic heterocycles. The Bertz CT molecular complexity index is 990. The van der Waals surface area contributed by atoms with E-state index in [-0.39, 0.29) is 34.9 Å². The number of carbonyl (C=O) groups is 1. The van der Waals surface area contributed by atoms with E-state index in [9.17, 15) is 14.7 Å². The fraction of sp³-hybridized carbons (Fsp3) is 0.545. The van der Waals surface area contributed by atoms with Crippen molar-refractivity contribution in [1.29, 1.82) is 0 Å². The molecular weight excluding hydrogens is 342 g/mol. The van der Waals surface area contributed by atoms with Gasteiger partial charge in [-0.05, 0) is 54.7 Å². The largest absolute Gasteiger partial charge is 0.508 e. The molecule has 2 aliphatic rings. The summed E-state index contributed by atoms with van der Waals surface area (Å²) < 4.78 is 5.37. The summed E-state index contributed by atoms with van der Waals surface area (Å²) in [6.07, 6.45) is 3.25. The third kappa shape index (κ3) is 3.13. The van der Waals surface area contributed by atoms with E-state index in [2.05, 4.69) is 20.8 Å². The van der Waals surface area contributed by atoms with Crippen LogP contribution in [0.3, 0.4) is 0 Å². The molecule has 0 spiro atoms. The van der Waals surface area contributed by atoms with Crippen molar-refractivity contribution in [3.8, 4) is 5.75 Å². The van der Waals surface area contributed by atoms with Gasteiger partial charge in [0.15, 0.2) is 0 Å². The van der Waals surface area contributed by atoms with Gasteiger partial charge in [0.05, 0.1) is 12.0 Å². The predicted molar refractivity (Wildman–Crippen MR) is 104 cm³/mol. The lowest BCUT2D eigenvalue weighted by molar-refractivity contribution is -0.131. The SMILES string of the molecule is Cc1c(CC(=O)N2C[C@@]3(C)C[C@@H]2CC(C)(C)C3)c(=O)oc2cc(O)ccc12. The summed E-state index contributed by atoms with van der Waals surface area (Å²) in [6.45, 7) is 9.44. The van der Waals surface area contributed by atoms with E-state index in [4.69, 9.17) is 4.42 Å². The Morgan fingerprint density at radius 3 is 2.78 bits per heavy atom. The zero-order valence-corrected chi connectivity index (χ0v) is 16.5. The highest BCUT2D eigenvalue weighted by molar-refractivity contribution is 5.85. The maximum absolute atomic E-state index is 13.1. The minimum absolute atomic E-state index is 0.00922. The molecule has 2 bridgehead atoms. The first-order valence-corrected chi connectivity index (χ1v) is 9.62. The summed E-state index contributed by atoms with van der Waals surface area (Å²) in [5.41, 5.74) is 1.44. The lowest BCUT2D eigenvalue weighted by Gasteiger charge is -2.39. The van der Waals surface area contributed by atoms with Gasteiger partial charge >= 0.3 is 5.63 Å². The number of likely N-dealkylation sites (tertiary alicyclic amines) is 1. The molecule has 27 heavy (non-hydrogen) atoms. The average Bonchev–Trinajstić information content (AvgIpc) is 2.80. The van der Waals surface area contributed by atoms with Crippen molar-refractivity contribution in [2.75, 3.05) is 6.54 Å². The van der Waals surface area contributed by atoms with Crippen LogP contribution in [-0.2, 0) is 11.2 Å². The third-order valence-electron chi connectivity index (χ3n) is 6.33. The monoisotopic (exact) mass is 369 g/mol. The number of hydrogen-bond donors (Lipinski definition) is 1. The molecule has 144 valence electrons.